The normalized spacial score (nSPS) is 24.5. The number of ketones is 1. The van der Waals surface area contributed by atoms with Gasteiger partial charge in [0, 0.05) is 12.6 Å². The molecule has 0 aliphatic carbocycles. The van der Waals surface area contributed by atoms with Crippen molar-refractivity contribution in [2.45, 2.75) is 31.6 Å². The fourth-order valence-electron chi connectivity index (χ4n) is 2.44. The number of thioether (sulfide) groups is 1. The van der Waals surface area contributed by atoms with Gasteiger partial charge in [-0.3, -0.25) is 19.3 Å². The predicted octanol–water partition coefficient (Wildman–Crippen LogP) is 2.04. The van der Waals surface area contributed by atoms with Crippen LogP contribution in [-0.2, 0) is 14.4 Å². The van der Waals surface area contributed by atoms with Crippen molar-refractivity contribution in [3.8, 4) is 5.75 Å². The van der Waals surface area contributed by atoms with Crippen LogP contribution in [0.25, 0.3) is 0 Å². The maximum Gasteiger partial charge on any atom is 0.244 e. The van der Waals surface area contributed by atoms with E-state index in [2.05, 4.69) is 0 Å². The van der Waals surface area contributed by atoms with Crippen LogP contribution in [0.5, 0.6) is 5.75 Å². The fraction of sp³-hybridized carbons (Fsp3) is 0.400. The maximum absolute atomic E-state index is 12.3. The summed E-state index contributed by atoms with van der Waals surface area (Å²) in [5.74, 6) is 0.306. The Balaban J connectivity index is 2.36. The van der Waals surface area contributed by atoms with Gasteiger partial charge in [0.05, 0.1) is 7.11 Å². The lowest BCUT2D eigenvalue weighted by molar-refractivity contribution is -0.135. The molecule has 0 N–H and O–H groups in total. The van der Waals surface area contributed by atoms with E-state index in [0.717, 1.165) is 11.8 Å². The van der Waals surface area contributed by atoms with Gasteiger partial charge in [-0.2, -0.15) is 0 Å². The molecule has 1 aliphatic rings. The molecule has 1 aliphatic heterocycles. The van der Waals surface area contributed by atoms with Crippen LogP contribution in [0.15, 0.2) is 24.3 Å². The molecule has 1 heterocycles. The Hall–Kier alpha value is -1.82. The predicted molar refractivity (Wildman–Crippen MR) is 81.6 cm³/mol. The van der Waals surface area contributed by atoms with Crippen LogP contribution in [0.4, 0.5) is 5.69 Å². The van der Waals surface area contributed by atoms with Crippen molar-refractivity contribution in [1.82, 2.24) is 0 Å². The van der Waals surface area contributed by atoms with E-state index in [1.54, 1.807) is 38.3 Å². The highest BCUT2D eigenvalue weighted by atomic mass is 32.2. The van der Waals surface area contributed by atoms with Crippen LogP contribution in [0.1, 0.15) is 20.8 Å². The topological polar surface area (TPSA) is 63.7 Å². The molecule has 0 unspecified atom stereocenters. The number of nitrogens with zero attached hydrogens (tertiary/aromatic N) is 1. The first-order chi connectivity index (χ1) is 9.82. The standard InChI is InChI=1S/C15H17NO4S/c1-9(17)15(3)13(21-10(2)18)14(19)16(15)11-5-7-12(20-4)8-6-11/h5-8,13H,1-4H3/t13-,15-/m1/s1. The van der Waals surface area contributed by atoms with E-state index in [0.29, 0.717) is 11.4 Å². The number of ether oxygens (including phenoxy) is 1. The Morgan fingerprint density at radius 2 is 1.81 bits per heavy atom. The van der Waals surface area contributed by atoms with Crippen LogP contribution >= 0.6 is 11.8 Å². The van der Waals surface area contributed by atoms with Crippen LogP contribution in [0.2, 0.25) is 0 Å². The minimum atomic E-state index is -0.998. The molecule has 2 rings (SSSR count). The molecule has 112 valence electrons. The first-order valence-corrected chi connectivity index (χ1v) is 7.36. The zero-order valence-corrected chi connectivity index (χ0v) is 13.2. The minimum absolute atomic E-state index is 0.142. The summed E-state index contributed by atoms with van der Waals surface area (Å²) in [6.45, 7) is 4.53. The second-order valence-electron chi connectivity index (χ2n) is 5.06. The Morgan fingerprint density at radius 3 is 2.24 bits per heavy atom. The van der Waals surface area contributed by atoms with Crippen LogP contribution in [0.3, 0.4) is 0 Å². The number of β-lactam (4-membered cyclic amide) rings is 1. The zero-order valence-electron chi connectivity index (χ0n) is 12.4. The van der Waals surface area contributed by atoms with Gasteiger partial charge >= 0.3 is 0 Å². The SMILES string of the molecule is COc1ccc(N2C(=O)[C@@H](SC(C)=O)[C@@]2(C)C(C)=O)cc1. The molecule has 5 nitrogen and oxygen atoms in total. The molecule has 0 radical (unpaired) electrons. The lowest BCUT2D eigenvalue weighted by Crippen LogP contribution is -2.75. The van der Waals surface area contributed by atoms with Crippen LogP contribution in [-0.4, -0.2) is 34.7 Å². The van der Waals surface area contributed by atoms with Crippen molar-refractivity contribution >= 4 is 34.3 Å². The molecule has 0 bridgehead atoms. The summed E-state index contributed by atoms with van der Waals surface area (Å²) in [5, 5.41) is -0.829. The largest absolute Gasteiger partial charge is 0.497 e. The van der Waals surface area contributed by atoms with E-state index >= 15 is 0 Å². The summed E-state index contributed by atoms with van der Waals surface area (Å²) < 4.78 is 5.08. The third-order valence-electron chi connectivity index (χ3n) is 3.75. The first-order valence-electron chi connectivity index (χ1n) is 6.48. The first kappa shape index (κ1) is 15.6. The zero-order chi connectivity index (χ0) is 15.8. The van der Waals surface area contributed by atoms with Gasteiger partial charge in [-0.05, 0) is 38.1 Å². The summed E-state index contributed by atoms with van der Waals surface area (Å²) in [5.41, 5.74) is -0.374. The highest BCUT2D eigenvalue weighted by Crippen LogP contribution is 2.44. The quantitative estimate of drug-likeness (QED) is 0.797. The third kappa shape index (κ3) is 2.44. The van der Waals surface area contributed by atoms with Gasteiger partial charge in [0.1, 0.15) is 16.5 Å². The van der Waals surface area contributed by atoms with E-state index in [9.17, 15) is 14.4 Å². The van der Waals surface area contributed by atoms with Crippen molar-refractivity contribution in [2.24, 2.45) is 0 Å². The summed E-state index contributed by atoms with van der Waals surface area (Å²) in [7, 11) is 1.56. The molecule has 1 aromatic rings. The van der Waals surface area contributed by atoms with Gasteiger partial charge in [-0.25, -0.2) is 0 Å². The van der Waals surface area contributed by atoms with Gasteiger partial charge < -0.3 is 4.74 Å². The van der Waals surface area contributed by atoms with Crippen molar-refractivity contribution in [3.05, 3.63) is 24.3 Å². The molecule has 2 atom stereocenters. The molecule has 1 saturated heterocycles. The summed E-state index contributed by atoms with van der Waals surface area (Å²) in [6, 6.07) is 6.92. The lowest BCUT2D eigenvalue weighted by Gasteiger charge is -2.53. The van der Waals surface area contributed by atoms with Crippen molar-refractivity contribution in [2.75, 3.05) is 12.0 Å². The van der Waals surface area contributed by atoms with E-state index < -0.39 is 10.8 Å². The van der Waals surface area contributed by atoms with Gasteiger partial charge in [0.2, 0.25) is 5.91 Å². The second-order valence-corrected chi connectivity index (χ2v) is 6.35. The number of anilines is 1. The second kappa shape index (κ2) is 5.52. The molecule has 0 aromatic heterocycles. The van der Waals surface area contributed by atoms with Gasteiger partial charge in [-0.1, -0.05) is 11.8 Å². The average Bonchev–Trinajstić information content (AvgIpc) is 2.45. The van der Waals surface area contributed by atoms with Crippen molar-refractivity contribution < 1.29 is 19.1 Å². The Kier molecular flexibility index (Phi) is 4.09. The average molecular weight is 307 g/mol. The fourth-order valence-corrected chi connectivity index (χ4v) is 3.48. The Bertz CT molecular complexity index is 598. The number of hydrogen-bond donors (Lipinski definition) is 0. The summed E-state index contributed by atoms with van der Waals surface area (Å²) in [6.07, 6.45) is 0. The number of Topliss-reactive ketones (excluding diaryl/α,β-unsaturated/α-hetero) is 1. The maximum atomic E-state index is 12.3. The number of carbonyl (C=O) groups excluding carboxylic acids is 3. The molecular formula is C15H17NO4S. The van der Waals surface area contributed by atoms with Gasteiger partial charge in [0.15, 0.2) is 10.9 Å². The van der Waals surface area contributed by atoms with Crippen molar-refractivity contribution in [1.29, 1.82) is 0 Å². The summed E-state index contributed by atoms with van der Waals surface area (Å²) in [4.78, 5) is 37.1. The Morgan fingerprint density at radius 1 is 1.24 bits per heavy atom. The number of benzene rings is 1. The number of rotatable bonds is 4. The minimum Gasteiger partial charge on any atom is -0.497 e. The third-order valence-corrected chi connectivity index (χ3v) is 4.98. The van der Waals surface area contributed by atoms with Gasteiger partial charge in [-0.15, -0.1) is 0 Å². The van der Waals surface area contributed by atoms with E-state index in [4.69, 9.17) is 4.74 Å². The number of hydrogen-bond acceptors (Lipinski definition) is 5. The summed E-state index contributed by atoms with van der Waals surface area (Å²) >= 11 is 0.915. The number of amides is 1. The molecule has 1 fully saturated rings. The molecule has 1 aromatic carbocycles. The molecular weight excluding hydrogens is 290 g/mol. The number of methoxy groups -OCH3 is 1. The molecule has 0 saturated carbocycles. The van der Waals surface area contributed by atoms with Crippen LogP contribution in [0, 0.1) is 0 Å². The van der Waals surface area contributed by atoms with E-state index in [1.165, 1.54) is 18.7 Å². The highest BCUT2D eigenvalue weighted by Gasteiger charge is 2.61. The van der Waals surface area contributed by atoms with Crippen LogP contribution < -0.4 is 9.64 Å². The smallest absolute Gasteiger partial charge is 0.244 e. The lowest BCUT2D eigenvalue weighted by atomic mass is 9.81. The molecule has 0 spiro atoms. The molecule has 21 heavy (non-hydrogen) atoms. The van der Waals surface area contributed by atoms with E-state index in [1.807, 2.05) is 0 Å². The molecule has 6 heteroatoms. The number of carbonyl (C=O) groups is 3. The van der Waals surface area contributed by atoms with Crippen molar-refractivity contribution in [3.63, 3.8) is 0 Å². The highest BCUT2D eigenvalue weighted by molar-refractivity contribution is 8.14. The van der Waals surface area contributed by atoms with E-state index in [-0.39, 0.29) is 16.8 Å². The molecule has 1 amide bonds. The Labute approximate surface area is 127 Å². The monoisotopic (exact) mass is 307 g/mol. The van der Waals surface area contributed by atoms with Gasteiger partial charge in [0.25, 0.3) is 0 Å².